The summed E-state index contributed by atoms with van der Waals surface area (Å²) in [5.41, 5.74) is 1.56. The van der Waals surface area contributed by atoms with Crippen LogP contribution in [0.2, 0.25) is 0 Å². The zero-order chi connectivity index (χ0) is 31.8. The summed E-state index contributed by atoms with van der Waals surface area (Å²) in [6.07, 6.45) is 1.36. The normalized spacial score (nSPS) is 24.4. The number of H-pyrrole nitrogens is 1. The van der Waals surface area contributed by atoms with E-state index >= 15 is 0 Å². The fourth-order valence-corrected chi connectivity index (χ4v) is 4.97. The first-order chi connectivity index (χ1) is 20.3. The van der Waals surface area contributed by atoms with E-state index in [0.717, 1.165) is 16.5 Å². The molecule has 1 aliphatic rings. The number of aromatic amines is 1. The lowest BCUT2D eigenvalue weighted by atomic mass is 9.98. The van der Waals surface area contributed by atoms with E-state index < -0.39 is 72.1 Å². The van der Waals surface area contributed by atoms with Gasteiger partial charge in [-0.15, -0.1) is 0 Å². The Balaban J connectivity index is 2.04. The summed E-state index contributed by atoms with van der Waals surface area (Å²) in [7, 11) is 0. The number of benzene rings is 1. The Bertz CT molecular complexity index is 1350. The SMILES string of the molecule is CC(C)C[C@@H]1NC(=O)[C@@H](C(C)C)NC(=O)[C@H](C)NC(=O)[C@H](CCC(=O)O)NC(=O)[C@H](Cc2c[nH]c3ccccc23)NC1=O. The quantitative estimate of drug-likeness (QED) is 0.232. The Morgan fingerprint density at radius 2 is 1.40 bits per heavy atom. The van der Waals surface area contributed by atoms with Crippen molar-refractivity contribution in [3.63, 3.8) is 0 Å². The molecule has 7 N–H and O–H groups in total. The van der Waals surface area contributed by atoms with Crippen LogP contribution in [0.4, 0.5) is 0 Å². The first kappa shape index (κ1) is 33.1. The number of aliphatic carboxylic acids is 1. The summed E-state index contributed by atoms with van der Waals surface area (Å²) >= 11 is 0. The van der Waals surface area contributed by atoms with Gasteiger partial charge in [0.25, 0.3) is 0 Å². The van der Waals surface area contributed by atoms with Crippen LogP contribution in [-0.4, -0.2) is 75.8 Å². The van der Waals surface area contributed by atoms with Crippen LogP contribution in [0.15, 0.2) is 30.5 Å². The lowest BCUT2D eigenvalue weighted by Gasteiger charge is -2.27. The van der Waals surface area contributed by atoms with Gasteiger partial charge in [-0.3, -0.25) is 28.8 Å². The van der Waals surface area contributed by atoms with E-state index in [1.165, 1.54) is 6.92 Å². The minimum absolute atomic E-state index is 0.00615. The highest BCUT2D eigenvalue weighted by Crippen LogP contribution is 2.20. The predicted molar refractivity (Wildman–Crippen MR) is 158 cm³/mol. The Morgan fingerprint density at radius 1 is 0.791 bits per heavy atom. The number of hydrogen-bond donors (Lipinski definition) is 7. The van der Waals surface area contributed by atoms with Crippen LogP contribution in [0.25, 0.3) is 10.9 Å². The Hall–Kier alpha value is -4.42. The number of aromatic nitrogens is 1. The van der Waals surface area contributed by atoms with Crippen molar-refractivity contribution in [2.75, 3.05) is 0 Å². The molecule has 0 aliphatic carbocycles. The van der Waals surface area contributed by atoms with Crippen LogP contribution in [0.5, 0.6) is 0 Å². The van der Waals surface area contributed by atoms with Crippen LogP contribution in [-0.2, 0) is 35.2 Å². The number of carbonyl (C=O) groups excluding carboxylic acids is 5. The molecule has 1 aromatic carbocycles. The van der Waals surface area contributed by atoms with Gasteiger partial charge in [0.05, 0.1) is 0 Å². The molecule has 1 aromatic heterocycles. The fourth-order valence-electron chi connectivity index (χ4n) is 4.97. The Labute approximate surface area is 250 Å². The summed E-state index contributed by atoms with van der Waals surface area (Å²) < 4.78 is 0. The molecule has 13 heteroatoms. The van der Waals surface area contributed by atoms with Crippen molar-refractivity contribution in [2.24, 2.45) is 11.8 Å². The number of fused-ring (bicyclic) bond motifs is 1. The van der Waals surface area contributed by atoms with Crippen molar-refractivity contribution in [2.45, 2.75) is 90.5 Å². The second-order valence-corrected chi connectivity index (χ2v) is 11.8. The molecule has 13 nitrogen and oxygen atoms in total. The lowest BCUT2D eigenvalue weighted by molar-refractivity contribution is -0.138. The topological polar surface area (TPSA) is 199 Å². The van der Waals surface area contributed by atoms with E-state index in [9.17, 15) is 33.9 Å². The monoisotopic (exact) mass is 598 g/mol. The van der Waals surface area contributed by atoms with Crippen LogP contribution in [0.1, 0.15) is 59.4 Å². The van der Waals surface area contributed by atoms with Crippen LogP contribution >= 0.6 is 0 Å². The molecule has 2 aromatic rings. The molecular formula is C30H42N6O7. The molecule has 43 heavy (non-hydrogen) atoms. The third kappa shape index (κ3) is 9.03. The summed E-state index contributed by atoms with van der Waals surface area (Å²) in [4.78, 5) is 81.4. The van der Waals surface area contributed by atoms with E-state index in [2.05, 4.69) is 31.6 Å². The minimum Gasteiger partial charge on any atom is -0.481 e. The van der Waals surface area contributed by atoms with Crippen molar-refractivity contribution in [1.82, 2.24) is 31.6 Å². The van der Waals surface area contributed by atoms with Gasteiger partial charge in [-0.25, -0.2) is 0 Å². The third-order valence-corrected chi connectivity index (χ3v) is 7.35. The average molecular weight is 599 g/mol. The molecule has 5 atom stereocenters. The number of carboxylic acids is 1. The van der Waals surface area contributed by atoms with Gasteiger partial charge in [0.1, 0.15) is 30.2 Å². The molecule has 0 bridgehead atoms. The van der Waals surface area contributed by atoms with Crippen molar-refractivity contribution in [3.05, 3.63) is 36.0 Å². The Morgan fingerprint density at radius 3 is 2.05 bits per heavy atom. The average Bonchev–Trinajstić information content (AvgIpc) is 3.34. The first-order valence-corrected chi connectivity index (χ1v) is 14.5. The largest absolute Gasteiger partial charge is 0.481 e. The second-order valence-electron chi connectivity index (χ2n) is 11.8. The third-order valence-electron chi connectivity index (χ3n) is 7.35. The van der Waals surface area contributed by atoms with Gasteiger partial charge in [0.2, 0.25) is 29.5 Å². The molecule has 0 unspecified atom stereocenters. The van der Waals surface area contributed by atoms with Crippen molar-refractivity contribution in [1.29, 1.82) is 0 Å². The van der Waals surface area contributed by atoms with Crippen molar-refractivity contribution < 1.29 is 33.9 Å². The molecular weight excluding hydrogens is 556 g/mol. The van der Waals surface area contributed by atoms with Gasteiger partial charge in [0.15, 0.2) is 0 Å². The second kappa shape index (κ2) is 14.7. The number of amides is 5. The Kier molecular flexibility index (Phi) is 11.3. The molecule has 1 saturated heterocycles. The van der Waals surface area contributed by atoms with E-state index in [1.807, 2.05) is 38.1 Å². The molecule has 0 saturated carbocycles. The first-order valence-electron chi connectivity index (χ1n) is 14.5. The van der Waals surface area contributed by atoms with E-state index in [4.69, 9.17) is 0 Å². The van der Waals surface area contributed by atoms with Gasteiger partial charge in [-0.2, -0.15) is 0 Å². The molecule has 2 heterocycles. The molecule has 0 radical (unpaired) electrons. The molecule has 3 rings (SSSR count). The minimum atomic E-state index is -1.31. The lowest BCUT2D eigenvalue weighted by Crippen LogP contribution is -2.59. The fraction of sp³-hybridized carbons (Fsp3) is 0.533. The molecule has 5 amide bonds. The highest BCUT2D eigenvalue weighted by Gasteiger charge is 2.35. The zero-order valence-electron chi connectivity index (χ0n) is 25.2. The number of rotatable bonds is 8. The molecule has 1 aliphatic heterocycles. The van der Waals surface area contributed by atoms with Crippen LogP contribution < -0.4 is 26.6 Å². The van der Waals surface area contributed by atoms with Crippen molar-refractivity contribution in [3.8, 4) is 0 Å². The van der Waals surface area contributed by atoms with E-state index in [1.54, 1.807) is 20.0 Å². The van der Waals surface area contributed by atoms with E-state index in [-0.39, 0.29) is 31.1 Å². The molecule has 234 valence electrons. The summed E-state index contributed by atoms with van der Waals surface area (Å²) in [6, 6.07) is 1.82. The summed E-state index contributed by atoms with van der Waals surface area (Å²) in [5.74, 6) is -4.85. The standard InChI is InChI=1S/C30H42N6O7/c1-15(2)12-22-28(41)34-23(13-18-14-31-20-9-7-6-8-19(18)20)29(42)33-21(10-11-24(37)38)27(40)32-17(5)26(39)36-25(16(3)4)30(43)35-22/h6-9,14-17,21-23,25,31H,10-13H2,1-5H3,(H,32,40)(H,33,42)(H,34,41)(H,35,43)(H,36,39)(H,37,38)/t17-,21-,22-,23-,25+/m0/s1. The number of hydrogen-bond acceptors (Lipinski definition) is 6. The number of carbonyl (C=O) groups is 6. The van der Waals surface area contributed by atoms with Crippen LogP contribution in [0.3, 0.4) is 0 Å². The molecule has 1 fully saturated rings. The smallest absolute Gasteiger partial charge is 0.303 e. The van der Waals surface area contributed by atoms with Gasteiger partial charge < -0.3 is 36.7 Å². The summed E-state index contributed by atoms with van der Waals surface area (Å²) in [5, 5.41) is 23.4. The van der Waals surface area contributed by atoms with Crippen molar-refractivity contribution >= 4 is 46.4 Å². The number of nitrogens with one attached hydrogen (secondary N) is 6. The molecule has 0 spiro atoms. The van der Waals surface area contributed by atoms with Crippen LogP contribution in [0, 0.1) is 11.8 Å². The highest BCUT2D eigenvalue weighted by molar-refractivity contribution is 5.98. The van der Waals surface area contributed by atoms with Gasteiger partial charge in [0, 0.05) is 29.9 Å². The van der Waals surface area contributed by atoms with E-state index in [0.29, 0.717) is 0 Å². The number of carboxylic acid groups (broad SMARTS) is 1. The maximum absolute atomic E-state index is 13.7. The summed E-state index contributed by atoms with van der Waals surface area (Å²) in [6.45, 7) is 8.67. The maximum atomic E-state index is 13.7. The maximum Gasteiger partial charge on any atom is 0.303 e. The van der Waals surface area contributed by atoms with Gasteiger partial charge in [-0.1, -0.05) is 45.9 Å². The highest BCUT2D eigenvalue weighted by atomic mass is 16.4. The predicted octanol–water partition coefficient (Wildman–Crippen LogP) is 0.735. The zero-order valence-corrected chi connectivity index (χ0v) is 25.2. The van der Waals surface area contributed by atoms with Gasteiger partial charge >= 0.3 is 5.97 Å². The van der Waals surface area contributed by atoms with Gasteiger partial charge in [-0.05, 0) is 43.2 Å². The number of para-hydroxylation sites is 1.